The highest BCUT2D eigenvalue weighted by Crippen LogP contribution is 2.22. The molecule has 0 bridgehead atoms. The molecule has 0 fully saturated rings. The number of hydrogen-bond donors (Lipinski definition) is 2. The highest BCUT2D eigenvalue weighted by molar-refractivity contribution is 6.31. The standard InChI is InChI=1S/C18H22ClNO/c1-13-7-3-4-8-15(13)11-14(2)20-12-18(21)16-9-5-6-10-17(16)19/h3-10,14,18,20-21H,11-12H2,1-2H3/t14-,18+/m1/s1. The fourth-order valence-corrected chi connectivity index (χ4v) is 2.67. The molecule has 0 aromatic heterocycles. The summed E-state index contributed by atoms with van der Waals surface area (Å²) in [7, 11) is 0. The van der Waals surface area contributed by atoms with Crippen LogP contribution in [0.2, 0.25) is 5.02 Å². The van der Waals surface area contributed by atoms with Crippen LogP contribution in [0.1, 0.15) is 29.7 Å². The van der Waals surface area contributed by atoms with Gasteiger partial charge in [-0.25, -0.2) is 0 Å². The number of aliphatic hydroxyl groups is 1. The monoisotopic (exact) mass is 303 g/mol. The quantitative estimate of drug-likeness (QED) is 0.848. The zero-order chi connectivity index (χ0) is 15.2. The van der Waals surface area contributed by atoms with Crippen molar-refractivity contribution >= 4 is 11.6 Å². The third-order valence-electron chi connectivity index (χ3n) is 3.71. The number of halogens is 1. The maximum absolute atomic E-state index is 10.2. The van der Waals surface area contributed by atoms with E-state index in [1.807, 2.05) is 18.2 Å². The van der Waals surface area contributed by atoms with Gasteiger partial charge in [0.2, 0.25) is 0 Å². The molecule has 112 valence electrons. The Morgan fingerprint density at radius 2 is 1.76 bits per heavy atom. The summed E-state index contributed by atoms with van der Waals surface area (Å²) < 4.78 is 0. The summed E-state index contributed by atoms with van der Waals surface area (Å²) in [5.74, 6) is 0. The zero-order valence-electron chi connectivity index (χ0n) is 12.5. The van der Waals surface area contributed by atoms with Crippen LogP contribution in [0.3, 0.4) is 0 Å². The van der Waals surface area contributed by atoms with E-state index in [0.29, 0.717) is 17.6 Å². The van der Waals surface area contributed by atoms with E-state index in [-0.39, 0.29) is 0 Å². The molecule has 2 atom stereocenters. The van der Waals surface area contributed by atoms with Gasteiger partial charge in [-0.15, -0.1) is 0 Å². The molecule has 0 aliphatic heterocycles. The highest BCUT2D eigenvalue weighted by Gasteiger charge is 2.12. The first-order valence-corrected chi connectivity index (χ1v) is 7.66. The number of rotatable bonds is 6. The molecule has 0 heterocycles. The molecule has 3 heteroatoms. The van der Waals surface area contributed by atoms with E-state index >= 15 is 0 Å². The minimum atomic E-state index is -0.585. The smallest absolute Gasteiger partial charge is 0.0928 e. The van der Waals surface area contributed by atoms with E-state index in [2.05, 4.69) is 43.4 Å². The molecule has 2 nitrogen and oxygen atoms in total. The molecule has 2 rings (SSSR count). The van der Waals surface area contributed by atoms with Crippen molar-refractivity contribution in [3.05, 3.63) is 70.2 Å². The molecule has 0 radical (unpaired) electrons. The van der Waals surface area contributed by atoms with Crippen molar-refractivity contribution in [3.63, 3.8) is 0 Å². The lowest BCUT2D eigenvalue weighted by Crippen LogP contribution is -2.32. The van der Waals surface area contributed by atoms with Crippen LogP contribution >= 0.6 is 11.6 Å². The number of benzene rings is 2. The van der Waals surface area contributed by atoms with Gasteiger partial charge in [0.15, 0.2) is 0 Å². The number of hydrogen-bond acceptors (Lipinski definition) is 2. The SMILES string of the molecule is Cc1ccccc1C[C@@H](C)NC[C@H](O)c1ccccc1Cl. The summed E-state index contributed by atoms with van der Waals surface area (Å²) in [6.45, 7) is 4.75. The first kappa shape index (κ1) is 16.0. The van der Waals surface area contributed by atoms with E-state index in [9.17, 15) is 5.11 Å². The summed E-state index contributed by atoms with van der Waals surface area (Å²) in [5, 5.41) is 14.2. The molecule has 0 amide bonds. The number of nitrogens with one attached hydrogen (secondary N) is 1. The van der Waals surface area contributed by atoms with Crippen LogP contribution in [0, 0.1) is 6.92 Å². The molecule has 2 aromatic carbocycles. The average molecular weight is 304 g/mol. The molecule has 0 spiro atoms. The van der Waals surface area contributed by atoms with Crippen molar-refractivity contribution in [1.82, 2.24) is 5.32 Å². The lowest BCUT2D eigenvalue weighted by atomic mass is 10.0. The predicted molar refractivity (Wildman–Crippen MR) is 88.8 cm³/mol. The Labute approximate surface area is 131 Å². The van der Waals surface area contributed by atoms with Gasteiger partial charge in [0, 0.05) is 23.2 Å². The first-order chi connectivity index (χ1) is 10.1. The summed E-state index contributed by atoms with van der Waals surface area (Å²) in [6, 6.07) is 16.1. The minimum absolute atomic E-state index is 0.295. The van der Waals surface area contributed by atoms with Crippen LogP contribution in [-0.4, -0.2) is 17.7 Å². The maximum atomic E-state index is 10.2. The van der Waals surface area contributed by atoms with Gasteiger partial charge in [0.1, 0.15) is 0 Å². The van der Waals surface area contributed by atoms with Crippen LogP contribution in [0.15, 0.2) is 48.5 Å². The summed E-state index contributed by atoms with van der Waals surface area (Å²) in [6.07, 6.45) is 0.361. The normalized spacial score (nSPS) is 13.9. The van der Waals surface area contributed by atoms with E-state index in [0.717, 1.165) is 12.0 Å². The van der Waals surface area contributed by atoms with Crippen molar-refractivity contribution in [3.8, 4) is 0 Å². The summed E-state index contributed by atoms with van der Waals surface area (Å²) in [4.78, 5) is 0. The van der Waals surface area contributed by atoms with Gasteiger partial charge in [0.05, 0.1) is 6.10 Å². The van der Waals surface area contributed by atoms with Gasteiger partial charge >= 0.3 is 0 Å². The summed E-state index contributed by atoms with van der Waals surface area (Å²) >= 11 is 6.10. The Bertz CT molecular complexity index is 585. The van der Waals surface area contributed by atoms with Gasteiger partial charge in [0.25, 0.3) is 0 Å². The second kappa shape index (κ2) is 7.60. The minimum Gasteiger partial charge on any atom is -0.387 e. The highest BCUT2D eigenvalue weighted by atomic mass is 35.5. The Hall–Kier alpha value is -1.35. The maximum Gasteiger partial charge on any atom is 0.0928 e. The molecule has 2 aromatic rings. The number of aryl methyl sites for hydroxylation is 1. The van der Waals surface area contributed by atoms with Crippen molar-refractivity contribution in [2.24, 2.45) is 0 Å². The number of aliphatic hydroxyl groups excluding tert-OH is 1. The van der Waals surface area contributed by atoms with Crippen LogP contribution in [0.4, 0.5) is 0 Å². The molecular formula is C18H22ClNO. The van der Waals surface area contributed by atoms with Crippen molar-refractivity contribution < 1.29 is 5.11 Å². The Morgan fingerprint density at radius 3 is 2.48 bits per heavy atom. The van der Waals surface area contributed by atoms with E-state index < -0.39 is 6.10 Å². The van der Waals surface area contributed by atoms with Crippen molar-refractivity contribution in [1.29, 1.82) is 0 Å². The Balaban J connectivity index is 1.88. The largest absolute Gasteiger partial charge is 0.387 e. The van der Waals surface area contributed by atoms with Crippen molar-refractivity contribution in [2.45, 2.75) is 32.4 Å². The van der Waals surface area contributed by atoms with Gasteiger partial charge in [-0.1, -0.05) is 54.1 Å². The Morgan fingerprint density at radius 1 is 1.10 bits per heavy atom. The van der Waals surface area contributed by atoms with Crippen LogP contribution in [0.5, 0.6) is 0 Å². The second-order valence-electron chi connectivity index (χ2n) is 5.48. The molecule has 2 N–H and O–H groups in total. The summed E-state index contributed by atoms with van der Waals surface area (Å²) in [5.41, 5.74) is 3.41. The van der Waals surface area contributed by atoms with Gasteiger partial charge in [-0.2, -0.15) is 0 Å². The topological polar surface area (TPSA) is 32.3 Å². The molecular weight excluding hydrogens is 282 g/mol. The average Bonchev–Trinajstić information content (AvgIpc) is 2.48. The fraction of sp³-hybridized carbons (Fsp3) is 0.333. The molecule has 0 aliphatic rings. The third kappa shape index (κ3) is 4.57. The molecule has 0 saturated carbocycles. The van der Waals surface area contributed by atoms with E-state index in [1.54, 1.807) is 6.07 Å². The molecule has 21 heavy (non-hydrogen) atoms. The third-order valence-corrected chi connectivity index (χ3v) is 4.06. The van der Waals surface area contributed by atoms with Gasteiger partial charge in [-0.3, -0.25) is 0 Å². The fourth-order valence-electron chi connectivity index (χ4n) is 2.41. The van der Waals surface area contributed by atoms with Crippen LogP contribution < -0.4 is 5.32 Å². The second-order valence-corrected chi connectivity index (χ2v) is 5.88. The Kier molecular flexibility index (Phi) is 5.80. The molecule has 0 unspecified atom stereocenters. The molecule has 0 aliphatic carbocycles. The lowest BCUT2D eigenvalue weighted by Gasteiger charge is -2.19. The lowest BCUT2D eigenvalue weighted by molar-refractivity contribution is 0.170. The van der Waals surface area contributed by atoms with Crippen molar-refractivity contribution in [2.75, 3.05) is 6.54 Å². The van der Waals surface area contributed by atoms with Gasteiger partial charge < -0.3 is 10.4 Å². The first-order valence-electron chi connectivity index (χ1n) is 7.28. The van der Waals surface area contributed by atoms with Gasteiger partial charge in [-0.05, 0) is 37.5 Å². The zero-order valence-corrected chi connectivity index (χ0v) is 13.3. The van der Waals surface area contributed by atoms with E-state index in [4.69, 9.17) is 11.6 Å². The van der Waals surface area contributed by atoms with E-state index in [1.165, 1.54) is 11.1 Å². The molecule has 0 saturated heterocycles. The van der Waals surface area contributed by atoms with Crippen LogP contribution in [0.25, 0.3) is 0 Å². The van der Waals surface area contributed by atoms with Crippen LogP contribution in [-0.2, 0) is 6.42 Å². The predicted octanol–water partition coefficient (Wildman–Crippen LogP) is 3.90.